The minimum absolute atomic E-state index is 0. The standard InChI is InChI=1S/C15H16Cl3N3O2.ClH.Cu/c1-2-4-20(15(22)21-5-3-19-10-21)6-7-23-14-12(17)8-11(16)9-13(14)18;;/h3,5,8-10H,2,4,6-7H2,1H3;1H;. The van der Waals surface area contributed by atoms with Crippen molar-refractivity contribution in [2.75, 3.05) is 19.7 Å². The van der Waals surface area contributed by atoms with Crippen LogP contribution in [0.3, 0.4) is 0 Å². The number of imidazole rings is 1. The summed E-state index contributed by atoms with van der Waals surface area (Å²) in [4.78, 5) is 17.9. The van der Waals surface area contributed by atoms with Gasteiger partial charge in [0.1, 0.15) is 12.9 Å². The molecule has 0 bridgehead atoms. The summed E-state index contributed by atoms with van der Waals surface area (Å²) in [5.41, 5.74) is 0. The number of aromatic nitrogens is 2. The van der Waals surface area contributed by atoms with E-state index in [4.69, 9.17) is 39.5 Å². The van der Waals surface area contributed by atoms with Gasteiger partial charge in [0.2, 0.25) is 0 Å². The number of rotatable bonds is 6. The molecule has 0 aliphatic carbocycles. The van der Waals surface area contributed by atoms with Gasteiger partial charge < -0.3 is 9.64 Å². The Kier molecular flexibility index (Phi) is 11.6. The van der Waals surface area contributed by atoms with Crippen LogP contribution in [0.25, 0.3) is 0 Å². The fraction of sp³-hybridized carbons (Fsp3) is 0.333. The minimum Gasteiger partial charge on any atom is -0.489 e. The third-order valence-electron chi connectivity index (χ3n) is 3.06. The number of carbonyl (C=O) groups excluding carboxylic acids is 1. The van der Waals surface area contributed by atoms with E-state index in [1.165, 1.54) is 10.9 Å². The van der Waals surface area contributed by atoms with Crippen molar-refractivity contribution in [2.24, 2.45) is 0 Å². The average molecular weight is 477 g/mol. The third kappa shape index (κ3) is 6.89. The molecule has 25 heavy (non-hydrogen) atoms. The van der Waals surface area contributed by atoms with E-state index in [1.54, 1.807) is 29.4 Å². The van der Waals surface area contributed by atoms with Crippen molar-refractivity contribution >= 4 is 53.2 Å². The van der Waals surface area contributed by atoms with Gasteiger partial charge in [-0.3, -0.25) is 4.57 Å². The fourth-order valence-corrected chi connectivity index (χ4v) is 2.96. The Hall–Kier alpha value is -0.621. The van der Waals surface area contributed by atoms with E-state index in [0.717, 1.165) is 6.42 Å². The van der Waals surface area contributed by atoms with Gasteiger partial charge in [-0.05, 0) is 18.6 Å². The van der Waals surface area contributed by atoms with Crippen LogP contribution in [0.2, 0.25) is 15.1 Å². The molecule has 1 heterocycles. The summed E-state index contributed by atoms with van der Waals surface area (Å²) in [5, 5.41) is 1.12. The maximum absolute atomic E-state index is 12.3. The van der Waals surface area contributed by atoms with Crippen LogP contribution in [0.1, 0.15) is 13.3 Å². The van der Waals surface area contributed by atoms with Crippen LogP contribution < -0.4 is 4.74 Å². The summed E-state index contributed by atoms with van der Waals surface area (Å²) in [6.45, 7) is 3.28. The summed E-state index contributed by atoms with van der Waals surface area (Å²) in [7, 11) is 0. The molecule has 0 aliphatic rings. The number of hydrogen-bond donors (Lipinski definition) is 0. The van der Waals surface area contributed by atoms with Gasteiger partial charge in [0.05, 0.1) is 16.6 Å². The van der Waals surface area contributed by atoms with Crippen molar-refractivity contribution in [3.63, 3.8) is 0 Å². The van der Waals surface area contributed by atoms with Gasteiger partial charge in [0.15, 0.2) is 5.75 Å². The fourth-order valence-electron chi connectivity index (χ4n) is 2.03. The number of amides is 1. The second kappa shape index (κ2) is 11.9. The maximum atomic E-state index is 12.3. The first kappa shape index (κ1) is 24.4. The molecule has 0 N–H and O–H groups in total. The largest absolute Gasteiger partial charge is 0.489 e. The first-order valence-electron chi connectivity index (χ1n) is 7.07. The first-order chi connectivity index (χ1) is 11.0. The Bertz CT molecular complexity index is 648. The molecule has 0 aliphatic heterocycles. The second-order valence-corrected chi connectivity index (χ2v) is 6.04. The minimum atomic E-state index is -0.152. The van der Waals surface area contributed by atoms with Crippen LogP contribution in [0, 0.1) is 0 Å². The van der Waals surface area contributed by atoms with Crippen molar-refractivity contribution in [3.05, 3.63) is 45.9 Å². The van der Waals surface area contributed by atoms with Crippen molar-refractivity contribution in [1.82, 2.24) is 14.5 Å². The number of nitrogens with zero attached hydrogens (tertiary/aromatic N) is 3. The zero-order valence-electron chi connectivity index (χ0n) is 13.2. The SMILES string of the molecule is CCCN(CCOc1c(Cl)cc(Cl)cc1Cl)C(=O)n1ccnc1.Cl.[Cu]. The Morgan fingerprint density at radius 1 is 1.24 bits per heavy atom. The molecule has 0 unspecified atom stereocenters. The van der Waals surface area contributed by atoms with E-state index in [0.29, 0.717) is 33.9 Å². The number of hydrogen-bond acceptors (Lipinski definition) is 3. The molecule has 5 nitrogen and oxygen atoms in total. The molecule has 2 aromatic rings. The zero-order valence-corrected chi connectivity index (χ0v) is 17.2. The van der Waals surface area contributed by atoms with Gasteiger partial charge >= 0.3 is 6.03 Å². The van der Waals surface area contributed by atoms with Crippen LogP contribution in [-0.4, -0.2) is 40.2 Å². The molecule has 0 saturated heterocycles. The molecular weight excluding hydrogens is 460 g/mol. The van der Waals surface area contributed by atoms with E-state index in [9.17, 15) is 4.79 Å². The predicted octanol–water partition coefficient (Wildman–Crippen LogP) is 5.02. The third-order valence-corrected chi connectivity index (χ3v) is 3.84. The Morgan fingerprint density at radius 2 is 1.88 bits per heavy atom. The molecule has 0 atom stereocenters. The van der Waals surface area contributed by atoms with Crippen molar-refractivity contribution in [1.29, 1.82) is 0 Å². The first-order valence-corrected chi connectivity index (χ1v) is 8.21. The zero-order chi connectivity index (χ0) is 16.8. The molecule has 1 radical (unpaired) electrons. The molecule has 0 saturated carbocycles. The number of benzene rings is 1. The van der Waals surface area contributed by atoms with E-state index in [1.807, 2.05) is 6.92 Å². The Labute approximate surface area is 178 Å². The summed E-state index contributed by atoms with van der Waals surface area (Å²) in [6.07, 6.45) is 5.48. The smallest absolute Gasteiger partial charge is 0.329 e. The molecular formula is C15H17Cl4CuN3O2. The van der Waals surface area contributed by atoms with E-state index in [2.05, 4.69) is 4.98 Å². The molecule has 143 valence electrons. The Morgan fingerprint density at radius 3 is 2.40 bits per heavy atom. The summed E-state index contributed by atoms with van der Waals surface area (Å²) >= 11 is 18.0. The number of ether oxygens (including phenoxy) is 1. The number of carbonyl (C=O) groups is 1. The van der Waals surface area contributed by atoms with Crippen LogP contribution in [0.4, 0.5) is 4.79 Å². The van der Waals surface area contributed by atoms with Crippen LogP contribution in [0.5, 0.6) is 5.75 Å². The van der Waals surface area contributed by atoms with Crippen molar-refractivity contribution < 1.29 is 26.6 Å². The molecule has 1 aromatic carbocycles. The van der Waals surface area contributed by atoms with Gasteiger partial charge in [-0.1, -0.05) is 41.7 Å². The summed E-state index contributed by atoms with van der Waals surface area (Å²) in [6, 6.07) is 2.97. The maximum Gasteiger partial charge on any atom is 0.329 e. The second-order valence-electron chi connectivity index (χ2n) is 4.79. The normalized spacial score (nSPS) is 9.76. The Balaban J connectivity index is 0.00000288. The van der Waals surface area contributed by atoms with E-state index >= 15 is 0 Å². The molecule has 0 fully saturated rings. The average Bonchev–Trinajstić information content (AvgIpc) is 3.02. The topological polar surface area (TPSA) is 47.4 Å². The quantitative estimate of drug-likeness (QED) is 0.550. The van der Waals surface area contributed by atoms with Gasteiger partial charge in [0.25, 0.3) is 0 Å². The van der Waals surface area contributed by atoms with Crippen LogP contribution in [-0.2, 0) is 17.1 Å². The number of halogens is 4. The molecule has 1 amide bonds. The van der Waals surface area contributed by atoms with Crippen molar-refractivity contribution in [2.45, 2.75) is 13.3 Å². The van der Waals surface area contributed by atoms with Crippen LogP contribution >= 0.6 is 47.2 Å². The molecule has 0 spiro atoms. The molecule has 10 heteroatoms. The van der Waals surface area contributed by atoms with E-state index in [-0.39, 0.29) is 42.1 Å². The van der Waals surface area contributed by atoms with E-state index < -0.39 is 0 Å². The summed E-state index contributed by atoms with van der Waals surface area (Å²) in [5.74, 6) is 0.365. The van der Waals surface area contributed by atoms with Crippen molar-refractivity contribution in [3.8, 4) is 5.75 Å². The van der Waals surface area contributed by atoms with Gasteiger partial charge in [-0.25, -0.2) is 9.78 Å². The van der Waals surface area contributed by atoms with Crippen LogP contribution in [0.15, 0.2) is 30.9 Å². The molecule has 2 rings (SSSR count). The van der Waals surface area contributed by atoms with Gasteiger partial charge in [-0.2, -0.15) is 0 Å². The predicted molar refractivity (Wildman–Crippen MR) is 99.1 cm³/mol. The molecule has 1 aromatic heterocycles. The van der Waals surface area contributed by atoms with Gasteiger partial charge in [-0.15, -0.1) is 12.4 Å². The van der Waals surface area contributed by atoms with Gasteiger partial charge in [0, 0.05) is 41.0 Å². The monoisotopic (exact) mass is 474 g/mol. The summed E-state index contributed by atoms with van der Waals surface area (Å²) < 4.78 is 7.05.